The monoisotopic (exact) mass is 288 g/mol. The molecule has 6 nitrogen and oxygen atoms in total. The van der Waals surface area contributed by atoms with Gasteiger partial charge in [-0.3, -0.25) is 4.79 Å². The van der Waals surface area contributed by atoms with Gasteiger partial charge in [-0.2, -0.15) is 0 Å². The van der Waals surface area contributed by atoms with Crippen molar-refractivity contribution < 1.29 is 9.53 Å². The summed E-state index contributed by atoms with van der Waals surface area (Å²) in [6.07, 6.45) is 1.76. The Morgan fingerprint density at radius 2 is 2.14 bits per heavy atom. The smallest absolute Gasteiger partial charge is 0.242 e. The van der Waals surface area contributed by atoms with Crippen molar-refractivity contribution in [1.82, 2.24) is 14.9 Å². The molecule has 1 heterocycles. The Labute approximate surface area is 123 Å². The number of ether oxygens (including phenoxy) is 1. The van der Waals surface area contributed by atoms with Crippen LogP contribution in [0.3, 0.4) is 0 Å². The first-order valence-electron chi connectivity index (χ1n) is 6.70. The molecule has 6 heteroatoms. The van der Waals surface area contributed by atoms with E-state index in [0.717, 1.165) is 11.3 Å². The molecule has 1 atom stereocenters. The number of nitrogens with one attached hydrogen (secondary N) is 1. The van der Waals surface area contributed by atoms with Crippen molar-refractivity contribution >= 4 is 5.91 Å². The van der Waals surface area contributed by atoms with E-state index in [0.29, 0.717) is 12.4 Å². The van der Waals surface area contributed by atoms with Crippen LogP contribution in [0.25, 0.3) is 11.3 Å². The maximum Gasteiger partial charge on any atom is 0.242 e. The third-order valence-corrected chi connectivity index (χ3v) is 3.14. The SMILES string of the molecule is COCC(N)C(=O)N(C)Cc1ncc(-c2ccccc2)[nH]1. The summed E-state index contributed by atoms with van der Waals surface area (Å²) in [6.45, 7) is 0.583. The van der Waals surface area contributed by atoms with Crippen LogP contribution in [0.1, 0.15) is 5.82 Å². The van der Waals surface area contributed by atoms with Crippen LogP contribution >= 0.6 is 0 Å². The molecule has 21 heavy (non-hydrogen) atoms. The summed E-state index contributed by atoms with van der Waals surface area (Å²) in [6, 6.07) is 9.25. The van der Waals surface area contributed by atoms with Crippen LogP contribution in [0.2, 0.25) is 0 Å². The molecule has 0 spiro atoms. The molecule has 2 aromatic rings. The quantitative estimate of drug-likeness (QED) is 0.831. The third kappa shape index (κ3) is 3.90. The molecule has 1 amide bonds. The average molecular weight is 288 g/mol. The Morgan fingerprint density at radius 1 is 1.43 bits per heavy atom. The van der Waals surface area contributed by atoms with E-state index in [2.05, 4.69) is 9.97 Å². The third-order valence-electron chi connectivity index (χ3n) is 3.14. The van der Waals surface area contributed by atoms with E-state index in [-0.39, 0.29) is 12.5 Å². The molecule has 0 fully saturated rings. The molecular formula is C15H20N4O2. The molecule has 1 aromatic heterocycles. The number of H-pyrrole nitrogens is 1. The van der Waals surface area contributed by atoms with Crippen molar-refractivity contribution in [1.29, 1.82) is 0 Å². The highest BCUT2D eigenvalue weighted by atomic mass is 16.5. The number of nitrogens with two attached hydrogens (primary N) is 1. The molecular weight excluding hydrogens is 268 g/mol. The number of hydrogen-bond donors (Lipinski definition) is 2. The summed E-state index contributed by atoms with van der Waals surface area (Å²) in [5, 5.41) is 0. The van der Waals surface area contributed by atoms with Crippen molar-refractivity contribution in [3.63, 3.8) is 0 Å². The number of rotatable bonds is 6. The lowest BCUT2D eigenvalue weighted by Gasteiger charge is -2.19. The number of benzene rings is 1. The lowest BCUT2D eigenvalue weighted by Crippen LogP contribution is -2.44. The average Bonchev–Trinajstić information content (AvgIpc) is 2.96. The van der Waals surface area contributed by atoms with Gasteiger partial charge in [0.1, 0.15) is 11.9 Å². The highest BCUT2D eigenvalue weighted by Gasteiger charge is 2.18. The van der Waals surface area contributed by atoms with Gasteiger partial charge in [-0.15, -0.1) is 0 Å². The van der Waals surface area contributed by atoms with Gasteiger partial charge in [-0.1, -0.05) is 30.3 Å². The van der Waals surface area contributed by atoms with Crippen molar-refractivity contribution in [3.8, 4) is 11.3 Å². The largest absolute Gasteiger partial charge is 0.383 e. The minimum atomic E-state index is -0.649. The van der Waals surface area contributed by atoms with E-state index in [1.54, 1.807) is 13.2 Å². The first kappa shape index (κ1) is 15.2. The second-order valence-corrected chi connectivity index (χ2v) is 4.87. The standard InChI is InChI=1S/C15H20N4O2/c1-19(15(20)12(16)10-21-2)9-14-17-8-13(18-14)11-6-4-3-5-7-11/h3-8,12H,9-10,16H2,1-2H3,(H,17,18). The molecule has 0 bridgehead atoms. The first-order chi connectivity index (χ1) is 10.1. The maximum atomic E-state index is 12.0. The number of carbonyl (C=O) groups is 1. The highest BCUT2D eigenvalue weighted by molar-refractivity contribution is 5.81. The Balaban J connectivity index is 2.01. The van der Waals surface area contributed by atoms with E-state index in [1.165, 1.54) is 12.0 Å². The number of nitrogens with zero attached hydrogens (tertiary/aromatic N) is 2. The summed E-state index contributed by atoms with van der Waals surface area (Å²) in [7, 11) is 3.22. The Hall–Kier alpha value is -2.18. The number of hydrogen-bond acceptors (Lipinski definition) is 4. The van der Waals surface area contributed by atoms with Gasteiger partial charge in [0.25, 0.3) is 0 Å². The molecule has 1 aromatic carbocycles. The molecule has 0 aliphatic carbocycles. The van der Waals surface area contributed by atoms with E-state index >= 15 is 0 Å². The second kappa shape index (κ2) is 7.01. The van der Waals surface area contributed by atoms with E-state index in [4.69, 9.17) is 10.5 Å². The van der Waals surface area contributed by atoms with E-state index in [1.807, 2.05) is 30.3 Å². The van der Waals surface area contributed by atoms with Crippen molar-refractivity contribution in [3.05, 3.63) is 42.4 Å². The number of aromatic nitrogens is 2. The Morgan fingerprint density at radius 3 is 2.81 bits per heavy atom. The van der Waals surface area contributed by atoms with E-state index in [9.17, 15) is 4.79 Å². The fraction of sp³-hybridized carbons (Fsp3) is 0.333. The van der Waals surface area contributed by atoms with E-state index < -0.39 is 6.04 Å². The number of methoxy groups -OCH3 is 1. The summed E-state index contributed by atoms with van der Waals surface area (Å²) in [5.41, 5.74) is 7.71. The summed E-state index contributed by atoms with van der Waals surface area (Å²) >= 11 is 0. The van der Waals surface area contributed by atoms with Crippen LogP contribution in [0.4, 0.5) is 0 Å². The topological polar surface area (TPSA) is 84.2 Å². The minimum absolute atomic E-state index is 0.172. The van der Waals surface area contributed by atoms with Gasteiger partial charge >= 0.3 is 0 Å². The molecule has 0 saturated carbocycles. The van der Waals surface area contributed by atoms with Gasteiger partial charge in [0.15, 0.2) is 0 Å². The summed E-state index contributed by atoms with van der Waals surface area (Å²) in [5.74, 6) is 0.545. The van der Waals surface area contributed by atoms with Gasteiger partial charge < -0.3 is 20.4 Å². The van der Waals surface area contributed by atoms with Gasteiger partial charge in [0.2, 0.25) is 5.91 Å². The lowest BCUT2D eigenvalue weighted by atomic mass is 10.2. The molecule has 0 aliphatic rings. The van der Waals surface area contributed by atoms with Gasteiger partial charge in [-0.25, -0.2) is 4.98 Å². The molecule has 3 N–H and O–H groups in total. The zero-order valence-corrected chi connectivity index (χ0v) is 12.2. The minimum Gasteiger partial charge on any atom is -0.383 e. The Bertz CT molecular complexity index is 582. The van der Waals surface area contributed by atoms with Crippen LogP contribution in [-0.2, 0) is 16.1 Å². The zero-order chi connectivity index (χ0) is 15.2. The predicted octanol–water partition coefficient (Wildman–Crippen LogP) is 1.01. The fourth-order valence-electron chi connectivity index (χ4n) is 2.04. The van der Waals surface area contributed by atoms with Gasteiger partial charge in [0, 0.05) is 14.2 Å². The first-order valence-corrected chi connectivity index (χ1v) is 6.70. The summed E-state index contributed by atoms with van der Waals surface area (Å²) < 4.78 is 4.89. The van der Waals surface area contributed by atoms with Gasteiger partial charge in [0.05, 0.1) is 25.0 Å². The van der Waals surface area contributed by atoms with Crippen LogP contribution in [0.5, 0.6) is 0 Å². The molecule has 2 rings (SSSR count). The maximum absolute atomic E-state index is 12.0. The van der Waals surface area contributed by atoms with Crippen molar-refractivity contribution in [2.45, 2.75) is 12.6 Å². The lowest BCUT2D eigenvalue weighted by molar-refractivity contribution is -0.133. The number of imidazole rings is 1. The van der Waals surface area contributed by atoms with Crippen LogP contribution in [0, 0.1) is 0 Å². The molecule has 1 unspecified atom stereocenters. The molecule has 112 valence electrons. The second-order valence-electron chi connectivity index (χ2n) is 4.87. The number of carbonyl (C=O) groups excluding carboxylic acids is 1. The molecule has 0 aliphatic heterocycles. The Kier molecular flexibility index (Phi) is 5.08. The van der Waals surface area contributed by atoms with Crippen molar-refractivity contribution in [2.75, 3.05) is 20.8 Å². The van der Waals surface area contributed by atoms with Crippen molar-refractivity contribution in [2.24, 2.45) is 5.73 Å². The van der Waals surface area contributed by atoms with Gasteiger partial charge in [-0.05, 0) is 5.56 Å². The molecule has 0 radical (unpaired) electrons. The number of likely N-dealkylation sites (N-methyl/N-ethyl adjacent to an activating group) is 1. The highest BCUT2D eigenvalue weighted by Crippen LogP contribution is 2.16. The number of aromatic amines is 1. The van der Waals surface area contributed by atoms with Crippen LogP contribution < -0.4 is 5.73 Å². The summed E-state index contributed by atoms with van der Waals surface area (Å²) in [4.78, 5) is 21.0. The predicted molar refractivity (Wildman–Crippen MR) is 80.3 cm³/mol. The number of amides is 1. The zero-order valence-electron chi connectivity index (χ0n) is 12.2. The normalized spacial score (nSPS) is 12.1. The van der Waals surface area contributed by atoms with Crippen LogP contribution in [-0.4, -0.2) is 47.6 Å². The van der Waals surface area contributed by atoms with Crippen LogP contribution in [0.15, 0.2) is 36.5 Å². The fourth-order valence-corrected chi connectivity index (χ4v) is 2.04. The molecule has 0 saturated heterocycles.